The smallest absolute Gasteiger partial charge is 0.407 e. The van der Waals surface area contributed by atoms with Crippen LogP contribution < -0.4 is 10.6 Å². The highest BCUT2D eigenvalue weighted by Crippen LogP contribution is 2.38. The summed E-state index contributed by atoms with van der Waals surface area (Å²) in [5.74, 6) is 1.38. The van der Waals surface area contributed by atoms with Crippen LogP contribution in [0.4, 0.5) is 10.6 Å². The largest absolute Gasteiger partial charge is 0.467 e. The number of aryl methyl sites for hydroxylation is 2. The Kier molecular flexibility index (Phi) is 6.05. The molecule has 1 saturated heterocycles. The van der Waals surface area contributed by atoms with Crippen molar-refractivity contribution in [2.75, 3.05) is 11.9 Å². The van der Waals surface area contributed by atoms with Crippen LogP contribution in [-0.4, -0.2) is 38.9 Å². The molecule has 4 rings (SSSR count). The zero-order chi connectivity index (χ0) is 23.0. The predicted octanol–water partition coefficient (Wildman–Crippen LogP) is 4.56. The SMILES string of the molecule is Cc1c([C@H]2OCC[C@@H]2NC(=O)OC(C)(C)C)c(C)n2nc(Cl)nc(NCc3ccco3)c12. The lowest BCUT2D eigenvalue weighted by atomic mass is 9.99. The molecule has 1 fully saturated rings. The number of anilines is 1. The Morgan fingerprint density at radius 3 is 2.84 bits per heavy atom. The highest BCUT2D eigenvalue weighted by atomic mass is 35.5. The quantitative estimate of drug-likeness (QED) is 0.574. The Morgan fingerprint density at radius 1 is 1.38 bits per heavy atom. The molecule has 10 heteroatoms. The summed E-state index contributed by atoms with van der Waals surface area (Å²) >= 11 is 6.23. The van der Waals surface area contributed by atoms with E-state index >= 15 is 0 Å². The van der Waals surface area contributed by atoms with Crippen molar-refractivity contribution >= 4 is 29.0 Å². The van der Waals surface area contributed by atoms with Crippen molar-refractivity contribution < 1.29 is 18.7 Å². The third-order valence-electron chi connectivity index (χ3n) is 5.38. The zero-order valence-corrected chi connectivity index (χ0v) is 19.6. The van der Waals surface area contributed by atoms with E-state index in [0.29, 0.717) is 25.4 Å². The van der Waals surface area contributed by atoms with E-state index in [9.17, 15) is 4.79 Å². The molecule has 3 aromatic rings. The third kappa shape index (κ3) is 4.54. The number of halogens is 1. The fourth-order valence-corrected chi connectivity index (χ4v) is 4.26. The van der Waals surface area contributed by atoms with Gasteiger partial charge in [-0.3, -0.25) is 0 Å². The van der Waals surface area contributed by atoms with Crippen LogP contribution in [0.1, 0.15) is 55.9 Å². The summed E-state index contributed by atoms with van der Waals surface area (Å²) in [5, 5.41) is 10.8. The maximum Gasteiger partial charge on any atom is 0.407 e. The average molecular weight is 462 g/mol. The molecule has 2 atom stereocenters. The first-order valence-electron chi connectivity index (χ1n) is 10.6. The van der Waals surface area contributed by atoms with Gasteiger partial charge in [-0.25, -0.2) is 9.31 Å². The lowest BCUT2D eigenvalue weighted by Crippen LogP contribution is -2.40. The molecule has 2 N–H and O–H groups in total. The zero-order valence-electron chi connectivity index (χ0n) is 18.9. The van der Waals surface area contributed by atoms with E-state index in [-0.39, 0.29) is 17.4 Å². The highest BCUT2D eigenvalue weighted by molar-refractivity contribution is 6.28. The second-order valence-electron chi connectivity index (χ2n) is 8.88. The first kappa shape index (κ1) is 22.4. The Morgan fingerprint density at radius 2 is 2.16 bits per heavy atom. The highest BCUT2D eigenvalue weighted by Gasteiger charge is 2.36. The van der Waals surface area contributed by atoms with Gasteiger partial charge in [0.1, 0.15) is 23.0 Å². The number of aromatic nitrogens is 3. The van der Waals surface area contributed by atoms with Crippen molar-refractivity contribution in [1.82, 2.24) is 19.9 Å². The monoisotopic (exact) mass is 461 g/mol. The number of furan rings is 1. The molecule has 172 valence electrons. The summed E-state index contributed by atoms with van der Waals surface area (Å²) in [6.45, 7) is 10.5. The maximum absolute atomic E-state index is 12.4. The molecule has 0 unspecified atom stereocenters. The van der Waals surface area contributed by atoms with Crippen molar-refractivity contribution in [2.45, 2.75) is 65.3 Å². The fourth-order valence-electron chi connectivity index (χ4n) is 4.10. The topological polar surface area (TPSA) is 103 Å². The molecular formula is C22H28ClN5O4. The van der Waals surface area contributed by atoms with Crippen molar-refractivity contribution in [2.24, 2.45) is 0 Å². The Hall–Kier alpha value is -2.78. The van der Waals surface area contributed by atoms with Crippen molar-refractivity contribution in [3.8, 4) is 0 Å². The Balaban J connectivity index is 1.66. The van der Waals surface area contributed by atoms with Gasteiger partial charge in [-0.15, -0.1) is 5.10 Å². The molecule has 0 saturated carbocycles. The van der Waals surface area contributed by atoms with Gasteiger partial charge in [0.05, 0.1) is 18.8 Å². The van der Waals surface area contributed by atoms with Gasteiger partial charge in [0, 0.05) is 17.9 Å². The molecule has 3 aromatic heterocycles. The molecule has 0 radical (unpaired) electrons. The van der Waals surface area contributed by atoms with Crippen molar-refractivity contribution in [3.63, 3.8) is 0 Å². The number of nitrogens with one attached hydrogen (secondary N) is 2. The van der Waals surface area contributed by atoms with E-state index < -0.39 is 11.7 Å². The minimum atomic E-state index is -0.573. The predicted molar refractivity (Wildman–Crippen MR) is 120 cm³/mol. The summed E-state index contributed by atoms with van der Waals surface area (Å²) < 4.78 is 18.7. The van der Waals surface area contributed by atoms with Gasteiger partial charge in [0.15, 0.2) is 5.82 Å². The number of alkyl carbamates (subject to hydrolysis) is 1. The van der Waals surface area contributed by atoms with Gasteiger partial charge in [0.2, 0.25) is 5.28 Å². The van der Waals surface area contributed by atoms with E-state index in [1.54, 1.807) is 10.8 Å². The van der Waals surface area contributed by atoms with Crippen LogP contribution in [0.25, 0.3) is 5.52 Å². The first-order chi connectivity index (χ1) is 15.1. The summed E-state index contributed by atoms with van der Waals surface area (Å²) in [6.07, 6.45) is 1.52. The van der Waals surface area contributed by atoms with Crippen LogP contribution >= 0.6 is 11.6 Å². The minimum Gasteiger partial charge on any atom is -0.467 e. The van der Waals surface area contributed by atoms with Gasteiger partial charge in [-0.2, -0.15) is 4.98 Å². The van der Waals surface area contributed by atoms with Crippen LogP contribution in [0, 0.1) is 13.8 Å². The maximum atomic E-state index is 12.4. The fraction of sp³-hybridized carbons (Fsp3) is 0.500. The third-order valence-corrected chi connectivity index (χ3v) is 5.54. The van der Waals surface area contributed by atoms with Crippen LogP contribution in [0.5, 0.6) is 0 Å². The molecule has 0 spiro atoms. The van der Waals surface area contributed by atoms with E-state index in [1.807, 2.05) is 46.8 Å². The number of carbonyl (C=O) groups excluding carboxylic acids is 1. The summed E-state index contributed by atoms with van der Waals surface area (Å²) in [6, 6.07) is 3.50. The molecule has 1 aliphatic rings. The number of hydrogen-bond donors (Lipinski definition) is 2. The summed E-state index contributed by atoms with van der Waals surface area (Å²) in [4.78, 5) is 16.8. The second kappa shape index (κ2) is 8.63. The van der Waals surface area contributed by atoms with E-state index in [0.717, 1.165) is 28.1 Å². The molecule has 0 bridgehead atoms. The standard InChI is InChI=1S/C22H28ClN5O4/c1-12-16(18-15(8-10-31-18)25-21(29)32-22(3,4)5)13(2)28-17(12)19(26-20(23)27-28)24-11-14-7-6-9-30-14/h6-7,9,15,18H,8,10-11H2,1-5H3,(H,25,29)(H,24,26,27)/t15-,18-/m0/s1. The normalized spacial score (nSPS) is 18.8. The number of carbonyl (C=O) groups is 1. The molecule has 1 aliphatic heterocycles. The molecule has 4 heterocycles. The van der Waals surface area contributed by atoms with Crippen LogP contribution in [0.15, 0.2) is 22.8 Å². The molecule has 1 amide bonds. The number of fused-ring (bicyclic) bond motifs is 1. The molecular weight excluding hydrogens is 434 g/mol. The Bertz CT molecular complexity index is 1120. The number of ether oxygens (including phenoxy) is 2. The number of hydrogen-bond acceptors (Lipinski definition) is 7. The summed E-state index contributed by atoms with van der Waals surface area (Å²) in [5.41, 5.74) is 3.03. The van der Waals surface area contributed by atoms with Crippen LogP contribution in [0.3, 0.4) is 0 Å². The van der Waals surface area contributed by atoms with Crippen molar-refractivity contribution in [1.29, 1.82) is 0 Å². The molecule has 0 aliphatic carbocycles. The van der Waals surface area contributed by atoms with E-state index in [4.69, 9.17) is 25.5 Å². The summed E-state index contributed by atoms with van der Waals surface area (Å²) in [7, 11) is 0. The Labute approximate surface area is 191 Å². The molecule has 0 aromatic carbocycles. The number of amides is 1. The van der Waals surface area contributed by atoms with Gasteiger partial charge in [0.25, 0.3) is 0 Å². The minimum absolute atomic E-state index is 0.125. The van der Waals surface area contributed by atoms with Crippen LogP contribution in [0.2, 0.25) is 5.28 Å². The number of rotatable bonds is 5. The van der Waals surface area contributed by atoms with Gasteiger partial charge >= 0.3 is 6.09 Å². The van der Waals surface area contributed by atoms with Gasteiger partial charge in [-0.1, -0.05) is 0 Å². The number of nitrogens with zero attached hydrogens (tertiary/aromatic N) is 3. The van der Waals surface area contributed by atoms with Gasteiger partial charge in [-0.05, 0) is 70.3 Å². The van der Waals surface area contributed by atoms with E-state index in [2.05, 4.69) is 20.7 Å². The van der Waals surface area contributed by atoms with Gasteiger partial charge < -0.3 is 24.5 Å². The van der Waals surface area contributed by atoms with E-state index in [1.165, 1.54) is 0 Å². The molecule has 32 heavy (non-hydrogen) atoms. The van der Waals surface area contributed by atoms with Crippen molar-refractivity contribution in [3.05, 3.63) is 46.3 Å². The molecule has 9 nitrogen and oxygen atoms in total. The average Bonchev–Trinajstić information content (AvgIpc) is 3.40. The lowest BCUT2D eigenvalue weighted by Gasteiger charge is -2.24. The lowest BCUT2D eigenvalue weighted by molar-refractivity contribution is 0.0446. The van der Waals surface area contributed by atoms with Crippen LogP contribution in [-0.2, 0) is 16.0 Å². The second-order valence-corrected chi connectivity index (χ2v) is 9.22. The first-order valence-corrected chi connectivity index (χ1v) is 10.9.